The lowest BCUT2D eigenvalue weighted by Gasteiger charge is -2.20. The average molecular weight is 387 g/mol. The molecule has 7 heteroatoms. The summed E-state index contributed by atoms with van der Waals surface area (Å²) in [6.45, 7) is 2.06. The predicted molar refractivity (Wildman–Crippen MR) is 103 cm³/mol. The maximum absolute atomic E-state index is 12.6. The first-order chi connectivity index (χ1) is 13.0. The highest BCUT2D eigenvalue weighted by molar-refractivity contribution is 6.30. The van der Waals surface area contributed by atoms with Crippen LogP contribution in [0.1, 0.15) is 30.1 Å². The van der Waals surface area contributed by atoms with Crippen molar-refractivity contribution in [1.29, 1.82) is 0 Å². The number of ether oxygens (including phenoxy) is 1. The van der Waals surface area contributed by atoms with Gasteiger partial charge in [-0.2, -0.15) is 0 Å². The highest BCUT2D eigenvalue weighted by Crippen LogP contribution is 2.26. The van der Waals surface area contributed by atoms with Gasteiger partial charge in [-0.25, -0.2) is 4.79 Å². The van der Waals surface area contributed by atoms with Crippen LogP contribution < -0.4 is 10.2 Å². The van der Waals surface area contributed by atoms with Gasteiger partial charge < -0.3 is 15.0 Å². The van der Waals surface area contributed by atoms with E-state index >= 15 is 0 Å². The fraction of sp³-hybridized carbons (Fsp3) is 0.250. The van der Waals surface area contributed by atoms with Crippen molar-refractivity contribution in [1.82, 2.24) is 0 Å². The molecule has 0 aliphatic carbocycles. The van der Waals surface area contributed by atoms with Gasteiger partial charge in [0.2, 0.25) is 5.91 Å². The van der Waals surface area contributed by atoms with E-state index in [1.165, 1.54) is 6.92 Å². The van der Waals surface area contributed by atoms with Crippen LogP contribution in [-0.2, 0) is 14.3 Å². The van der Waals surface area contributed by atoms with Crippen LogP contribution in [0.4, 0.5) is 11.4 Å². The number of anilines is 2. The molecule has 3 rings (SSSR count). The van der Waals surface area contributed by atoms with E-state index < -0.39 is 18.0 Å². The number of benzene rings is 2. The number of para-hydroxylation sites is 1. The van der Waals surface area contributed by atoms with Gasteiger partial charge in [0, 0.05) is 23.7 Å². The molecule has 0 radical (unpaired) electrons. The van der Waals surface area contributed by atoms with Crippen LogP contribution in [0.5, 0.6) is 0 Å². The van der Waals surface area contributed by atoms with Crippen molar-refractivity contribution in [3.63, 3.8) is 0 Å². The topological polar surface area (TPSA) is 75.7 Å². The molecule has 1 saturated heterocycles. The molecule has 2 amide bonds. The van der Waals surface area contributed by atoms with Crippen LogP contribution in [0, 0.1) is 0 Å². The summed E-state index contributed by atoms with van der Waals surface area (Å²) in [5, 5.41) is 3.22. The summed E-state index contributed by atoms with van der Waals surface area (Å²) in [6, 6.07) is 13.4. The van der Waals surface area contributed by atoms with Crippen LogP contribution in [-0.4, -0.2) is 30.4 Å². The normalized spacial score (nSPS) is 14.7. The summed E-state index contributed by atoms with van der Waals surface area (Å²) in [5.74, 6) is -1.13. The van der Waals surface area contributed by atoms with Gasteiger partial charge in [-0.1, -0.05) is 23.7 Å². The van der Waals surface area contributed by atoms with Crippen molar-refractivity contribution in [2.75, 3.05) is 16.8 Å². The Bertz CT molecular complexity index is 867. The van der Waals surface area contributed by atoms with E-state index in [0.29, 0.717) is 29.4 Å². The molecule has 1 heterocycles. The third-order valence-corrected chi connectivity index (χ3v) is 4.50. The van der Waals surface area contributed by atoms with Gasteiger partial charge in [0.25, 0.3) is 5.91 Å². The predicted octanol–water partition coefficient (Wildman–Crippen LogP) is 3.65. The summed E-state index contributed by atoms with van der Waals surface area (Å²) in [4.78, 5) is 38.4. The Morgan fingerprint density at radius 1 is 1.15 bits per heavy atom. The Hall–Kier alpha value is -2.86. The van der Waals surface area contributed by atoms with Crippen LogP contribution >= 0.6 is 11.6 Å². The zero-order valence-electron chi connectivity index (χ0n) is 14.8. The number of carbonyl (C=O) groups is 3. The number of amides is 2. The van der Waals surface area contributed by atoms with E-state index in [1.807, 2.05) is 0 Å². The molecule has 0 bridgehead atoms. The van der Waals surface area contributed by atoms with Gasteiger partial charge in [0.1, 0.15) is 0 Å². The summed E-state index contributed by atoms with van der Waals surface area (Å²) in [6.07, 6.45) is 0.210. The van der Waals surface area contributed by atoms with Gasteiger partial charge in [0.05, 0.1) is 11.3 Å². The Balaban J connectivity index is 1.69. The maximum Gasteiger partial charge on any atom is 0.341 e. The molecule has 2 aromatic carbocycles. The molecule has 0 unspecified atom stereocenters. The molecule has 1 atom stereocenters. The second kappa shape index (κ2) is 8.22. The van der Waals surface area contributed by atoms with E-state index in [9.17, 15) is 14.4 Å². The lowest BCUT2D eigenvalue weighted by atomic mass is 10.1. The van der Waals surface area contributed by atoms with Crippen LogP contribution in [0.25, 0.3) is 0 Å². The molecule has 140 valence electrons. The molecule has 0 aromatic heterocycles. The summed E-state index contributed by atoms with van der Waals surface area (Å²) in [5.41, 5.74) is 1.32. The van der Waals surface area contributed by atoms with Gasteiger partial charge in [-0.05, 0) is 49.7 Å². The Morgan fingerprint density at radius 3 is 2.52 bits per heavy atom. The number of halogens is 1. The number of nitrogens with zero attached hydrogens (tertiary/aromatic N) is 1. The van der Waals surface area contributed by atoms with Gasteiger partial charge in [-0.15, -0.1) is 0 Å². The molecule has 2 aromatic rings. The van der Waals surface area contributed by atoms with Crippen molar-refractivity contribution in [3.05, 3.63) is 59.1 Å². The minimum absolute atomic E-state index is 0.0243. The zero-order chi connectivity index (χ0) is 19.4. The minimum Gasteiger partial charge on any atom is -0.449 e. The highest BCUT2D eigenvalue weighted by atomic mass is 35.5. The third kappa shape index (κ3) is 4.46. The number of hydrogen-bond acceptors (Lipinski definition) is 4. The first-order valence-electron chi connectivity index (χ1n) is 8.62. The molecule has 1 aliphatic rings. The summed E-state index contributed by atoms with van der Waals surface area (Å²) in [7, 11) is 0. The molecule has 27 heavy (non-hydrogen) atoms. The van der Waals surface area contributed by atoms with Gasteiger partial charge in [-0.3, -0.25) is 9.59 Å². The minimum atomic E-state index is -1.00. The first-order valence-corrected chi connectivity index (χ1v) is 9.00. The fourth-order valence-corrected chi connectivity index (χ4v) is 2.97. The average Bonchev–Trinajstić information content (AvgIpc) is 3.09. The van der Waals surface area contributed by atoms with Crippen molar-refractivity contribution < 1.29 is 19.1 Å². The van der Waals surface area contributed by atoms with E-state index in [1.54, 1.807) is 53.4 Å². The van der Waals surface area contributed by atoms with Crippen molar-refractivity contribution in [2.24, 2.45) is 0 Å². The SMILES string of the molecule is C[C@H](OC(=O)c1ccccc1N1CCCC1=O)C(=O)Nc1ccc(Cl)cc1. The maximum atomic E-state index is 12.6. The lowest BCUT2D eigenvalue weighted by Crippen LogP contribution is -2.31. The molecule has 0 saturated carbocycles. The van der Waals surface area contributed by atoms with Crippen molar-refractivity contribution in [2.45, 2.75) is 25.9 Å². The molecular weight excluding hydrogens is 368 g/mol. The first kappa shape index (κ1) is 18.9. The standard InChI is InChI=1S/C20H19ClN2O4/c1-13(19(25)22-15-10-8-14(21)9-11-15)27-20(26)16-5-2-3-6-17(16)23-12-4-7-18(23)24/h2-3,5-6,8-11,13H,4,7,12H2,1H3,(H,22,25)/t13-/m0/s1. The Morgan fingerprint density at radius 2 is 1.85 bits per heavy atom. The van der Waals surface area contributed by atoms with Gasteiger partial charge >= 0.3 is 5.97 Å². The number of carbonyl (C=O) groups excluding carboxylic acids is 3. The monoisotopic (exact) mass is 386 g/mol. The van der Waals surface area contributed by atoms with E-state index in [-0.39, 0.29) is 11.5 Å². The van der Waals surface area contributed by atoms with E-state index in [4.69, 9.17) is 16.3 Å². The van der Waals surface area contributed by atoms with Crippen LogP contribution in [0.3, 0.4) is 0 Å². The number of hydrogen-bond donors (Lipinski definition) is 1. The van der Waals surface area contributed by atoms with Gasteiger partial charge in [0.15, 0.2) is 6.10 Å². The lowest BCUT2D eigenvalue weighted by molar-refractivity contribution is -0.123. The highest BCUT2D eigenvalue weighted by Gasteiger charge is 2.27. The third-order valence-electron chi connectivity index (χ3n) is 4.25. The van der Waals surface area contributed by atoms with Crippen molar-refractivity contribution in [3.8, 4) is 0 Å². The van der Waals surface area contributed by atoms with Crippen LogP contribution in [0.15, 0.2) is 48.5 Å². The van der Waals surface area contributed by atoms with E-state index in [2.05, 4.69) is 5.32 Å². The Labute approximate surface area is 162 Å². The Kier molecular flexibility index (Phi) is 5.76. The molecule has 6 nitrogen and oxygen atoms in total. The molecule has 1 N–H and O–H groups in total. The summed E-state index contributed by atoms with van der Waals surface area (Å²) < 4.78 is 5.31. The number of rotatable bonds is 5. The summed E-state index contributed by atoms with van der Waals surface area (Å²) >= 11 is 5.82. The number of nitrogens with one attached hydrogen (secondary N) is 1. The van der Waals surface area contributed by atoms with E-state index in [0.717, 1.165) is 6.42 Å². The largest absolute Gasteiger partial charge is 0.449 e. The zero-order valence-corrected chi connectivity index (χ0v) is 15.5. The van der Waals surface area contributed by atoms with Crippen LogP contribution in [0.2, 0.25) is 5.02 Å². The second-order valence-corrected chi connectivity index (χ2v) is 6.65. The number of esters is 1. The smallest absolute Gasteiger partial charge is 0.341 e. The molecular formula is C20H19ClN2O4. The molecule has 0 spiro atoms. The molecule has 1 fully saturated rings. The fourth-order valence-electron chi connectivity index (χ4n) is 2.84. The molecule has 1 aliphatic heterocycles. The second-order valence-electron chi connectivity index (χ2n) is 6.21. The van der Waals surface area contributed by atoms with Crippen molar-refractivity contribution >= 4 is 40.8 Å². The quantitative estimate of drug-likeness (QED) is 0.796.